The summed E-state index contributed by atoms with van der Waals surface area (Å²) in [6, 6.07) is 6.34. The van der Waals surface area contributed by atoms with Crippen molar-refractivity contribution in [2.45, 2.75) is 45.6 Å². The fourth-order valence-corrected chi connectivity index (χ4v) is 4.55. The van der Waals surface area contributed by atoms with E-state index in [-0.39, 0.29) is 11.0 Å². The molecular weight excluding hydrogens is 291 g/mol. The number of hydrogen-bond donors (Lipinski definition) is 3. The average molecular weight is 316 g/mol. The zero-order valence-electron chi connectivity index (χ0n) is 14.0. The molecule has 0 heterocycles. The molecule has 124 valence electrons. The predicted octanol–water partition coefficient (Wildman–Crippen LogP) is 2.10. The molecule has 4 rings (SSSR count). The maximum absolute atomic E-state index is 11.0. The van der Waals surface area contributed by atoms with Gasteiger partial charge < -0.3 is 20.7 Å². The largest absolute Gasteiger partial charge is 0.491 e. The van der Waals surface area contributed by atoms with Crippen molar-refractivity contribution in [2.24, 2.45) is 23.0 Å². The molecule has 3 saturated carbocycles. The standard InChI is InChI=1S/C17H25BN2O3/c1-16(2)11-7-8-17(3,14(16)9-11)23-18(22)12-5-4-6-13(10-12)20-15(19)21/h4-6,10-11,14,22H,7-9H2,1-3H3,(H3,19,20,21). The lowest BCUT2D eigenvalue weighted by molar-refractivity contribution is -0.185. The van der Waals surface area contributed by atoms with Crippen LogP contribution in [0.25, 0.3) is 0 Å². The molecule has 6 heteroatoms. The van der Waals surface area contributed by atoms with E-state index in [2.05, 4.69) is 26.1 Å². The highest BCUT2D eigenvalue weighted by atomic mass is 16.5. The lowest BCUT2D eigenvalue weighted by atomic mass is 9.44. The van der Waals surface area contributed by atoms with Gasteiger partial charge >= 0.3 is 13.1 Å². The highest BCUT2D eigenvalue weighted by Crippen LogP contribution is 2.63. The van der Waals surface area contributed by atoms with E-state index in [9.17, 15) is 9.82 Å². The Morgan fingerprint density at radius 3 is 2.78 bits per heavy atom. The van der Waals surface area contributed by atoms with Crippen LogP contribution in [-0.4, -0.2) is 23.8 Å². The molecule has 3 atom stereocenters. The molecule has 0 spiro atoms. The Balaban J connectivity index is 1.74. The van der Waals surface area contributed by atoms with Gasteiger partial charge in [0, 0.05) is 5.69 Å². The molecule has 3 aliphatic rings. The molecule has 0 radical (unpaired) electrons. The number of nitrogens with one attached hydrogen (secondary N) is 1. The van der Waals surface area contributed by atoms with Crippen LogP contribution in [0.1, 0.15) is 40.0 Å². The summed E-state index contributed by atoms with van der Waals surface area (Å²) in [7, 11) is -1.01. The molecule has 23 heavy (non-hydrogen) atoms. The summed E-state index contributed by atoms with van der Waals surface area (Å²) in [5.74, 6) is 1.25. The Morgan fingerprint density at radius 1 is 1.43 bits per heavy atom. The normalized spacial score (nSPS) is 31.1. The quantitative estimate of drug-likeness (QED) is 0.744. The van der Waals surface area contributed by atoms with Crippen molar-refractivity contribution in [1.82, 2.24) is 0 Å². The van der Waals surface area contributed by atoms with E-state index >= 15 is 0 Å². The monoisotopic (exact) mass is 316 g/mol. The average Bonchev–Trinajstić information content (AvgIpc) is 2.46. The van der Waals surface area contributed by atoms with Crippen molar-refractivity contribution in [3.05, 3.63) is 24.3 Å². The number of nitrogens with two attached hydrogens (primary N) is 1. The van der Waals surface area contributed by atoms with Crippen molar-refractivity contribution in [3.8, 4) is 0 Å². The van der Waals surface area contributed by atoms with Crippen LogP contribution in [0.3, 0.4) is 0 Å². The van der Waals surface area contributed by atoms with Crippen LogP contribution < -0.4 is 16.5 Å². The van der Waals surface area contributed by atoms with E-state index in [1.54, 1.807) is 24.3 Å². The third kappa shape index (κ3) is 2.86. The summed E-state index contributed by atoms with van der Waals surface area (Å²) < 4.78 is 6.12. The molecule has 0 aromatic heterocycles. The summed E-state index contributed by atoms with van der Waals surface area (Å²) in [6.07, 6.45) is 3.30. The number of fused-ring (bicyclic) bond motifs is 2. The number of carbonyl (C=O) groups is 1. The molecule has 3 unspecified atom stereocenters. The van der Waals surface area contributed by atoms with Crippen LogP contribution in [-0.2, 0) is 4.65 Å². The van der Waals surface area contributed by atoms with Crippen LogP contribution >= 0.6 is 0 Å². The minimum atomic E-state index is -1.01. The molecule has 1 aromatic carbocycles. The van der Waals surface area contributed by atoms with Gasteiger partial charge in [-0.2, -0.15) is 0 Å². The van der Waals surface area contributed by atoms with E-state index in [0.717, 1.165) is 18.8 Å². The van der Waals surface area contributed by atoms with Crippen molar-refractivity contribution in [2.75, 3.05) is 5.32 Å². The molecular formula is C17H25BN2O3. The number of anilines is 1. The number of amides is 2. The number of primary amides is 1. The summed E-state index contributed by atoms with van der Waals surface area (Å²) in [5, 5.41) is 13.1. The Hall–Kier alpha value is -1.53. The number of hydrogen-bond acceptors (Lipinski definition) is 3. The maximum atomic E-state index is 11.0. The van der Waals surface area contributed by atoms with Gasteiger partial charge in [-0.05, 0) is 61.0 Å². The van der Waals surface area contributed by atoms with Crippen LogP contribution in [0.15, 0.2) is 24.3 Å². The second-order valence-electron chi connectivity index (χ2n) is 7.74. The van der Waals surface area contributed by atoms with Gasteiger partial charge in [-0.15, -0.1) is 0 Å². The van der Waals surface area contributed by atoms with Crippen molar-refractivity contribution in [1.29, 1.82) is 0 Å². The van der Waals surface area contributed by atoms with Crippen molar-refractivity contribution >= 4 is 24.3 Å². The molecule has 3 aliphatic carbocycles. The zero-order chi connectivity index (χ0) is 16.8. The van der Waals surface area contributed by atoms with Gasteiger partial charge in [0.1, 0.15) is 0 Å². The number of rotatable bonds is 4. The summed E-state index contributed by atoms with van der Waals surface area (Å²) >= 11 is 0. The minimum absolute atomic E-state index is 0.280. The second-order valence-corrected chi connectivity index (χ2v) is 7.74. The van der Waals surface area contributed by atoms with E-state index in [4.69, 9.17) is 10.4 Å². The van der Waals surface area contributed by atoms with Gasteiger partial charge in [0.15, 0.2) is 0 Å². The third-order valence-corrected chi connectivity index (χ3v) is 6.02. The minimum Gasteiger partial charge on any atom is -0.423 e. The molecule has 3 fully saturated rings. The van der Waals surface area contributed by atoms with Gasteiger partial charge in [-0.3, -0.25) is 0 Å². The van der Waals surface area contributed by atoms with Crippen molar-refractivity contribution in [3.63, 3.8) is 0 Å². The van der Waals surface area contributed by atoms with E-state index < -0.39 is 13.1 Å². The van der Waals surface area contributed by atoms with Crippen LogP contribution in [0, 0.1) is 17.3 Å². The van der Waals surface area contributed by atoms with Crippen LogP contribution in [0.5, 0.6) is 0 Å². The van der Waals surface area contributed by atoms with Crippen molar-refractivity contribution < 1.29 is 14.5 Å². The highest BCUT2D eigenvalue weighted by molar-refractivity contribution is 6.60. The molecule has 2 amide bonds. The molecule has 5 nitrogen and oxygen atoms in total. The number of benzene rings is 1. The molecule has 0 saturated heterocycles. The van der Waals surface area contributed by atoms with Crippen LogP contribution in [0.4, 0.5) is 10.5 Å². The zero-order valence-corrected chi connectivity index (χ0v) is 14.0. The molecule has 2 bridgehead atoms. The van der Waals surface area contributed by atoms with E-state index in [0.29, 0.717) is 17.1 Å². The van der Waals surface area contributed by atoms with Gasteiger partial charge in [-0.1, -0.05) is 26.0 Å². The third-order valence-electron chi connectivity index (χ3n) is 6.02. The molecule has 0 aliphatic heterocycles. The fourth-order valence-electron chi connectivity index (χ4n) is 4.55. The lowest BCUT2D eigenvalue weighted by Gasteiger charge is -2.64. The summed E-state index contributed by atoms with van der Waals surface area (Å²) in [6.45, 7) is 6.72. The first-order chi connectivity index (χ1) is 10.7. The maximum Gasteiger partial charge on any atom is 0.491 e. The molecule has 1 aromatic rings. The Bertz CT molecular complexity index is 620. The van der Waals surface area contributed by atoms with Gasteiger partial charge in [0.2, 0.25) is 0 Å². The van der Waals surface area contributed by atoms with Crippen LogP contribution in [0.2, 0.25) is 0 Å². The van der Waals surface area contributed by atoms with E-state index in [1.807, 2.05) is 0 Å². The Kier molecular flexibility index (Phi) is 3.93. The van der Waals surface area contributed by atoms with Gasteiger partial charge in [-0.25, -0.2) is 4.79 Å². The SMILES string of the molecule is CC1(OB(O)c2cccc(NC(N)=O)c2)CCC2CC1C2(C)C. The molecule has 4 N–H and O–H groups in total. The number of urea groups is 1. The fraction of sp³-hybridized carbons (Fsp3) is 0.588. The first-order valence-corrected chi connectivity index (χ1v) is 8.25. The summed E-state index contributed by atoms with van der Waals surface area (Å²) in [5.41, 5.74) is 6.27. The second kappa shape index (κ2) is 5.53. The topological polar surface area (TPSA) is 84.6 Å². The smallest absolute Gasteiger partial charge is 0.423 e. The highest BCUT2D eigenvalue weighted by Gasteiger charge is 2.60. The predicted molar refractivity (Wildman–Crippen MR) is 91.4 cm³/mol. The first kappa shape index (κ1) is 16.3. The number of carbonyl (C=O) groups excluding carboxylic acids is 1. The van der Waals surface area contributed by atoms with Gasteiger partial charge in [0.25, 0.3) is 0 Å². The Labute approximate surface area is 137 Å². The lowest BCUT2D eigenvalue weighted by Crippen LogP contribution is -2.63. The van der Waals surface area contributed by atoms with E-state index in [1.165, 1.54) is 6.42 Å². The first-order valence-electron chi connectivity index (χ1n) is 8.25. The van der Waals surface area contributed by atoms with Gasteiger partial charge in [0.05, 0.1) is 5.60 Å². The Morgan fingerprint density at radius 2 is 2.17 bits per heavy atom. The summed E-state index contributed by atoms with van der Waals surface area (Å²) in [4.78, 5) is 11.0.